The van der Waals surface area contributed by atoms with Crippen molar-refractivity contribution in [2.24, 2.45) is 11.8 Å². The lowest BCUT2D eigenvalue weighted by molar-refractivity contribution is 0.262. The smallest absolute Gasteiger partial charge is 0.323 e. The van der Waals surface area contributed by atoms with Crippen molar-refractivity contribution in [3.8, 4) is 22.5 Å². The summed E-state index contributed by atoms with van der Waals surface area (Å²) in [7, 11) is 0. The summed E-state index contributed by atoms with van der Waals surface area (Å²) in [6.07, 6.45) is 0. The van der Waals surface area contributed by atoms with Crippen LogP contribution in [0.1, 0.15) is 27.7 Å². The molecule has 0 unspecified atom stereocenters. The van der Waals surface area contributed by atoms with Gasteiger partial charge in [0.25, 0.3) is 0 Å². The molecule has 0 saturated heterocycles. The Bertz CT molecular complexity index is 1410. The second-order valence-corrected chi connectivity index (χ2v) is 10.0. The fourth-order valence-corrected chi connectivity index (χ4v) is 4.38. The number of carbonyl (C=O) groups is 1. The third-order valence-electron chi connectivity index (χ3n) is 5.84. The van der Waals surface area contributed by atoms with E-state index < -0.39 is 29.2 Å². The van der Waals surface area contributed by atoms with E-state index in [1.165, 1.54) is 0 Å². The molecule has 2 amide bonds. The van der Waals surface area contributed by atoms with E-state index in [2.05, 4.69) is 63.9 Å². The number of benzene rings is 3. The van der Waals surface area contributed by atoms with Crippen LogP contribution < -0.4 is 15.5 Å². The highest BCUT2D eigenvalue weighted by molar-refractivity contribution is 6.03. The van der Waals surface area contributed by atoms with E-state index in [1.807, 2.05) is 36.4 Å². The van der Waals surface area contributed by atoms with Gasteiger partial charge in [0, 0.05) is 30.8 Å². The van der Waals surface area contributed by atoms with Crippen molar-refractivity contribution in [3.63, 3.8) is 0 Å². The Balaban J connectivity index is 1.76. The average molecular weight is 538 g/mol. The molecule has 1 heterocycles. The monoisotopic (exact) mass is 537 g/mol. The highest BCUT2D eigenvalue weighted by Crippen LogP contribution is 2.36. The first-order valence-electron chi connectivity index (χ1n) is 12.6. The summed E-state index contributed by atoms with van der Waals surface area (Å²) in [6, 6.07) is 13.3. The number of halogens is 3. The highest BCUT2D eigenvalue weighted by atomic mass is 19.1. The molecule has 0 aliphatic carbocycles. The molecule has 0 atom stereocenters. The molecule has 0 fully saturated rings. The number of anilines is 3. The molecule has 8 nitrogen and oxygen atoms in total. The highest BCUT2D eigenvalue weighted by Gasteiger charge is 2.20. The average Bonchev–Trinajstić information content (AvgIpc) is 3.40. The number of aromatic nitrogens is 4. The van der Waals surface area contributed by atoms with E-state index in [9.17, 15) is 18.0 Å². The van der Waals surface area contributed by atoms with Crippen LogP contribution in [0.3, 0.4) is 0 Å². The van der Waals surface area contributed by atoms with Gasteiger partial charge in [-0.25, -0.2) is 23.1 Å². The Hall–Kier alpha value is -4.41. The van der Waals surface area contributed by atoms with Crippen molar-refractivity contribution >= 4 is 23.1 Å². The molecule has 0 aliphatic heterocycles. The number of nitrogens with zero attached hydrogens (tertiary/aromatic N) is 4. The first-order chi connectivity index (χ1) is 18.6. The molecule has 0 bridgehead atoms. The number of H-pyrrole nitrogens is 1. The van der Waals surface area contributed by atoms with Crippen LogP contribution in [0.4, 0.5) is 35.0 Å². The molecule has 39 heavy (non-hydrogen) atoms. The van der Waals surface area contributed by atoms with Gasteiger partial charge in [0.05, 0.1) is 11.4 Å². The Morgan fingerprint density at radius 1 is 0.897 bits per heavy atom. The molecular weight excluding hydrogens is 507 g/mol. The minimum absolute atomic E-state index is 0.326. The fourth-order valence-electron chi connectivity index (χ4n) is 4.38. The maximum absolute atomic E-state index is 14.2. The van der Waals surface area contributed by atoms with Crippen molar-refractivity contribution in [3.05, 3.63) is 72.0 Å². The summed E-state index contributed by atoms with van der Waals surface area (Å²) in [4.78, 5) is 15.2. The first-order valence-corrected chi connectivity index (χ1v) is 12.6. The molecule has 3 N–H and O–H groups in total. The predicted molar refractivity (Wildman–Crippen MR) is 146 cm³/mol. The lowest BCUT2D eigenvalue weighted by Crippen LogP contribution is -2.32. The van der Waals surface area contributed by atoms with E-state index in [1.54, 1.807) is 6.07 Å². The summed E-state index contributed by atoms with van der Waals surface area (Å²) in [5.74, 6) is -2.38. The van der Waals surface area contributed by atoms with Crippen LogP contribution in [0.15, 0.2) is 54.6 Å². The molecule has 0 radical (unpaired) electrons. The molecule has 0 saturated carbocycles. The molecule has 4 aromatic rings. The fraction of sp³-hybridized carbons (Fsp3) is 0.286. The zero-order chi connectivity index (χ0) is 28.1. The Labute approximate surface area is 224 Å². The molecule has 3 aromatic carbocycles. The zero-order valence-corrected chi connectivity index (χ0v) is 22.1. The van der Waals surface area contributed by atoms with Gasteiger partial charge in [-0.3, -0.25) is 0 Å². The normalized spacial score (nSPS) is 11.2. The van der Waals surface area contributed by atoms with E-state index in [4.69, 9.17) is 0 Å². The van der Waals surface area contributed by atoms with Crippen molar-refractivity contribution in [1.29, 1.82) is 0 Å². The van der Waals surface area contributed by atoms with E-state index in [-0.39, 0.29) is 0 Å². The van der Waals surface area contributed by atoms with Gasteiger partial charge in [0.2, 0.25) is 0 Å². The van der Waals surface area contributed by atoms with Crippen LogP contribution in [0.25, 0.3) is 22.5 Å². The van der Waals surface area contributed by atoms with Gasteiger partial charge in [-0.1, -0.05) is 58.0 Å². The van der Waals surface area contributed by atoms with Gasteiger partial charge < -0.3 is 15.5 Å². The van der Waals surface area contributed by atoms with E-state index in [0.29, 0.717) is 35.5 Å². The molecule has 0 aliphatic rings. The summed E-state index contributed by atoms with van der Waals surface area (Å²) >= 11 is 0. The second-order valence-electron chi connectivity index (χ2n) is 10.0. The lowest BCUT2D eigenvalue weighted by atomic mass is 9.97. The number of aromatic amines is 1. The lowest BCUT2D eigenvalue weighted by Gasteiger charge is -2.31. The summed E-state index contributed by atoms with van der Waals surface area (Å²) < 4.78 is 41.8. The number of rotatable bonds is 9. The third kappa shape index (κ3) is 6.73. The minimum Gasteiger partial charge on any atom is -0.369 e. The van der Waals surface area contributed by atoms with Crippen LogP contribution in [0.5, 0.6) is 0 Å². The minimum atomic E-state index is -1.22. The summed E-state index contributed by atoms with van der Waals surface area (Å²) in [5, 5.41) is 19.0. The van der Waals surface area contributed by atoms with Crippen LogP contribution in [-0.4, -0.2) is 39.7 Å². The maximum atomic E-state index is 14.2. The first kappa shape index (κ1) is 27.6. The van der Waals surface area contributed by atoms with Gasteiger partial charge in [-0.15, -0.1) is 5.10 Å². The zero-order valence-electron chi connectivity index (χ0n) is 22.1. The van der Waals surface area contributed by atoms with Crippen molar-refractivity contribution in [2.45, 2.75) is 27.7 Å². The Kier molecular flexibility index (Phi) is 8.48. The van der Waals surface area contributed by atoms with Gasteiger partial charge >= 0.3 is 6.03 Å². The standard InChI is InChI=1S/C28H30F3N7O/c1-16(2)14-38(15-17(3)4)25-10-9-18(20-7-5-6-8-21(20)27-34-36-37-35-27)11-24(25)32-28(39)33-26-22(30)12-19(29)13-23(26)31/h5-13,16-17H,14-15H2,1-4H3,(H2,32,33,39)(H,34,35,36,37). The predicted octanol–water partition coefficient (Wildman–Crippen LogP) is 6.71. The van der Waals surface area contributed by atoms with Crippen LogP contribution in [0, 0.1) is 29.3 Å². The van der Waals surface area contributed by atoms with Crippen LogP contribution in [0.2, 0.25) is 0 Å². The van der Waals surface area contributed by atoms with Crippen molar-refractivity contribution < 1.29 is 18.0 Å². The van der Waals surface area contributed by atoms with E-state index >= 15 is 0 Å². The third-order valence-corrected chi connectivity index (χ3v) is 5.84. The Morgan fingerprint density at radius 3 is 2.13 bits per heavy atom. The number of hydrogen-bond donors (Lipinski definition) is 3. The van der Waals surface area contributed by atoms with Gasteiger partial charge in [-0.05, 0) is 45.5 Å². The molecule has 204 valence electrons. The van der Waals surface area contributed by atoms with Gasteiger partial charge in [-0.2, -0.15) is 0 Å². The number of nitrogens with one attached hydrogen (secondary N) is 3. The van der Waals surface area contributed by atoms with Crippen LogP contribution >= 0.6 is 0 Å². The molecule has 11 heteroatoms. The van der Waals surface area contributed by atoms with Crippen LogP contribution in [-0.2, 0) is 0 Å². The van der Waals surface area contributed by atoms with Gasteiger partial charge in [0.15, 0.2) is 17.5 Å². The van der Waals surface area contributed by atoms with Crippen molar-refractivity contribution in [2.75, 3.05) is 28.6 Å². The topological polar surface area (TPSA) is 98.8 Å². The number of amides is 2. The Morgan fingerprint density at radius 2 is 1.54 bits per heavy atom. The SMILES string of the molecule is CC(C)CN(CC(C)C)c1ccc(-c2ccccc2-c2nnn[nH]2)cc1NC(=O)Nc1c(F)cc(F)cc1F. The number of urea groups is 1. The second kappa shape index (κ2) is 12.0. The number of hydrogen-bond acceptors (Lipinski definition) is 5. The molecular formula is C28H30F3N7O. The number of tetrazole rings is 1. The van der Waals surface area contributed by atoms with Crippen molar-refractivity contribution in [1.82, 2.24) is 20.6 Å². The maximum Gasteiger partial charge on any atom is 0.323 e. The quantitative estimate of drug-likeness (QED) is 0.220. The molecule has 1 aromatic heterocycles. The molecule has 4 rings (SSSR count). The summed E-state index contributed by atoms with van der Waals surface area (Å²) in [5.41, 5.74) is 2.75. The summed E-state index contributed by atoms with van der Waals surface area (Å²) in [6.45, 7) is 9.84. The molecule has 0 spiro atoms. The number of carbonyl (C=O) groups excluding carboxylic acids is 1. The van der Waals surface area contributed by atoms with Gasteiger partial charge in [0.1, 0.15) is 11.5 Å². The largest absolute Gasteiger partial charge is 0.369 e. The van der Waals surface area contributed by atoms with E-state index in [0.717, 1.165) is 35.5 Å².